The third-order valence-electron chi connectivity index (χ3n) is 3.28. The Hall–Kier alpha value is -1.55. The molecule has 1 aliphatic heterocycles. The minimum absolute atomic E-state index is 0.188. The second-order valence-electron chi connectivity index (χ2n) is 4.62. The Bertz CT molecular complexity index is 774. The van der Waals surface area contributed by atoms with Crippen LogP contribution in [-0.4, -0.2) is 11.7 Å². The molecule has 106 valence electrons. The molecule has 1 heterocycles. The Morgan fingerprint density at radius 2 is 1.57 bits per heavy atom. The number of hydrogen-bond acceptors (Lipinski definition) is 2. The fourth-order valence-electron chi connectivity index (χ4n) is 2.24. The van der Waals surface area contributed by atoms with E-state index in [-0.39, 0.29) is 6.54 Å². The quantitative estimate of drug-likeness (QED) is 0.761. The molecule has 0 atom stereocenters. The standard InChI is InChI=1S/C15H8Cl3NO2/c16-9-2-1-8(12(18)5-9)7-19-13-6-10(17)3-4-11(13)14(20)15(19)21/h1-6H,7H2. The highest BCUT2D eigenvalue weighted by Crippen LogP contribution is 2.34. The summed E-state index contributed by atoms with van der Waals surface area (Å²) in [6, 6.07) is 9.75. The number of halogens is 3. The Balaban J connectivity index is 2.02. The number of carbonyl (C=O) groups is 2. The Morgan fingerprint density at radius 3 is 2.29 bits per heavy atom. The van der Waals surface area contributed by atoms with Crippen LogP contribution in [0.4, 0.5) is 5.69 Å². The number of benzene rings is 2. The third-order valence-corrected chi connectivity index (χ3v) is 4.10. The molecule has 3 nitrogen and oxygen atoms in total. The van der Waals surface area contributed by atoms with Gasteiger partial charge in [-0.1, -0.05) is 40.9 Å². The van der Waals surface area contributed by atoms with Crippen molar-refractivity contribution in [2.45, 2.75) is 6.54 Å². The van der Waals surface area contributed by atoms with Crippen LogP contribution < -0.4 is 4.90 Å². The van der Waals surface area contributed by atoms with Gasteiger partial charge in [0.25, 0.3) is 11.7 Å². The Labute approximate surface area is 136 Å². The lowest BCUT2D eigenvalue weighted by atomic mass is 10.1. The molecule has 2 aromatic carbocycles. The van der Waals surface area contributed by atoms with Gasteiger partial charge < -0.3 is 4.90 Å². The van der Waals surface area contributed by atoms with Gasteiger partial charge in [0, 0.05) is 15.1 Å². The first kappa shape index (κ1) is 14.4. The highest BCUT2D eigenvalue weighted by atomic mass is 35.5. The molecular formula is C15H8Cl3NO2. The van der Waals surface area contributed by atoms with Gasteiger partial charge in [-0.25, -0.2) is 0 Å². The molecule has 0 unspecified atom stereocenters. The molecule has 0 saturated carbocycles. The zero-order valence-electron chi connectivity index (χ0n) is 10.6. The first-order valence-corrected chi connectivity index (χ1v) is 7.20. The summed E-state index contributed by atoms with van der Waals surface area (Å²) in [4.78, 5) is 25.5. The summed E-state index contributed by atoms with van der Waals surface area (Å²) in [6.07, 6.45) is 0. The maximum atomic E-state index is 12.1. The van der Waals surface area contributed by atoms with Crippen LogP contribution >= 0.6 is 34.8 Å². The van der Waals surface area contributed by atoms with Crippen molar-refractivity contribution in [2.75, 3.05) is 4.90 Å². The molecule has 0 spiro atoms. The second kappa shape index (κ2) is 5.34. The van der Waals surface area contributed by atoms with E-state index in [1.165, 1.54) is 4.90 Å². The minimum Gasteiger partial charge on any atom is -0.300 e. The van der Waals surface area contributed by atoms with Gasteiger partial charge in [-0.2, -0.15) is 0 Å². The maximum absolute atomic E-state index is 12.1. The molecule has 2 aromatic rings. The van der Waals surface area contributed by atoms with Crippen LogP contribution in [0.25, 0.3) is 0 Å². The van der Waals surface area contributed by atoms with Crippen LogP contribution in [0, 0.1) is 0 Å². The number of rotatable bonds is 2. The summed E-state index contributed by atoms with van der Waals surface area (Å²) in [5.41, 5.74) is 1.56. The molecule has 3 rings (SSSR count). The Kier molecular flexibility index (Phi) is 3.66. The zero-order valence-corrected chi connectivity index (χ0v) is 12.8. The molecule has 1 amide bonds. The van der Waals surface area contributed by atoms with Gasteiger partial charge in [-0.05, 0) is 35.9 Å². The molecule has 0 aliphatic carbocycles. The summed E-state index contributed by atoms with van der Waals surface area (Å²) in [5, 5.41) is 1.41. The molecule has 1 aliphatic rings. The highest BCUT2D eigenvalue weighted by molar-refractivity contribution is 6.52. The van der Waals surface area contributed by atoms with E-state index >= 15 is 0 Å². The first-order chi connectivity index (χ1) is 9.97. The lowest BCUT2D eigenvalue weighted by Crippen LogP contribution is -2.29. The number of amides is 1. The molecular weight excluding hydrogens is 333 g/mol. The van der Waals surface area contributed by atoms with Gasteiger partial charge in [0.1, 0.15) is 0 Å². The summed E-state index contributed by atoms with van der Waals surface area (Å²) >= 11 is 17.9. The van der Waals surface area contributed by atoms with Crippen molar-refractivity contribution in [1.82, 2.24) is 0 Å². The number of ketones is 1. The van der Waals surface area contributed by atoms with E-state index in [2.05, 4.69) is 0 Å². The van der Waals surface area contributed by atoms with Crippen LogP contribution in [0.2, 0.25) is 15.1 Å². The highest BCUT2D eigenvalue weighted by Gasteiger charge is 2.36. The van der Waals surface area contributed by atoms with Crippen LogP contribution in [0.1, 0.15) is 15.9 Å². The Morgan fingerprint density at radius 1 is 0.905 bits per heavy atom. The smallest absolute Gasteiger partial charge is 0.299 e. The van der Waals surface area contributed by atoms with Gasteiger partial charge in [0.15, 0.2) is 0 Å². The average Bonchev–Trinajstić information content (AvgIpc) is 2.66. The molecule has 0 radical (unpaired) electrons. The van der Waals surface area contributed by atoms with Crippen molar-refractivity contribution in [3.63, 3.8) is 0 Å². The van der Waals surface area contributed by atoms with E-state index in [9.17, 15) is 9.59 Å². The summed E-state index contributed by atoms with van der Waals surface area (Å²) in [7, 11) is 0. The fourth-order valence-corrected chi connectivity index (χ4v) is 2.88. The summed E-state index contributed by atoms with van der Waals surface area (Å²) < 4.78 is 0. The van der Waals surface area contributed by atoms with Crippen molar-refractivity contribution in [3.8, 4) is 0 Å². The first-order valence-electron chi connectivity index (χ1n) is 6.07. The topological polar surface area (TPSA) is 37.4 Å². The van der Waals surface area contributed by atoms with Crippen LogP contribution in [0.5, 0.6) is 0 Å². The van der Waals surface area contributed by atoms with E-state index in [4.69, 9.17) is 34.8 Å². The van der Waals surface area contributed by atoms with Crippen molar-refractivity contribution < 1.29 is 9.59 Å². The number of hydrogen-bond donors (Lipinski definition) is 0. The predicted molar refractivity (Wildman–Crippen MR) is 83.4 cm³/mol. The molecule has 0 N–H and O–H groups in total. The summed E-state index contributed by atoms with van der Waals surface area (Å²) in [6.45, 7) is 0.188. The van der Waals surface area contributed by atoms with Crippen molar-refractivity contribution in [1.29, 1.82) is 0 Å². The van der Waals surface area contributed by atoms with Gasteiger partial charge in [-0.3, -0.25) is 9.59 Å². The normalized spacial score (nSPS) is 13.8. The van der Waals surface area contributed by atoms with Crippen molar-refractivity contribution in [3.05, 3.63) is 62.6 Å². The van der Waals surface area contributed by atoms with E-state index in [1.54, 1.807) is 36.4 Å². The van der Waals surface area contributed by atoms with Gasteiger partial charge in [0.2, 0.25) is 0 Å². The number of carbonyl (C=O) groups excluding carboxylic acids is 2. The summed E-state index contributed by atoms with van der Waals surface area (Å²) in [5.74, 6) is -1.12. The van der Waals surface area contributed by atoms with Crippen LogP contribution in [0.3, 0.4) is 0 Å². The van der Waals surface area contributed by atoms with Crippen LogP contribution in [0.15, 0.2) is 36.4 Å². The SMILES string of the molecule is O=C1C(=O)N(Cc2ccc(Cl)cc2Cl)c2cc(Cl)ccc21. The number of Topliss-reactive ketones (excluding diaryl/α,β-unsaturated/α-hetero) is 1. The minimum atomic E-state index is -0.585. The van der Waals surface area contributed by atoms with Crippen LogP contribution in [-0.2, 0) is 11.3 Å². The van der Waals surface area contributed by atoms with E-state index < -0.39 is 11.7 Å². The maximum Gasteiger partial charge on any atom is 0.299 e. The second-order valence-corrected chi connectivity index (χ2v) is 5.90. The number of nitrogens with zero attached hydrogens (tertiary/aromatic N) is 1. The van der Waals surface area contributed by atoms with Crippen molar-refractivity contribution >= 4 is 52.2 Å². The predicted octanol–water partition coefficient (Wildman–Crippen LogP) is 4.38. The molecule has 0 aromatic heterocycles. The van der Waals surface area contributed by atoms with Gasteiger partial charge in [0.05, 0.1) is 17.8 Å². The molecule has 0 bridgehead atoms. The monoisotopic (exact) mass is 339 g/mol. The largest absolute Gasteiger partial charge is 0.300 e. The zero-order chi connectivity index (χ0) is 15.1. The number of fused-ring (bicyclic) bond motifs is 1. The molecule has 0 saturated heterocycles. The molecule has 21 heavy (non-hydrogen) atoms. The van der Waals surface area contributed by atoms with E-state index in [1.807, 2.05) is 0 Å². The molecule has 0 fully saturated rings. The van der Waals surface area contributed by atoms with E-state index in [0.29, 0.717) is 31.9 Å². The number of anilines is 1. The third kappa shape index (κ3) is 2.53. The molecule has 6 heteroatoms. The average molecular weight is 341 g/mol. The lowest BCUT2D eigenvalue weighted by molar-refractivity contribution is -0.114. The van der Waals surface area contributed by atoms with Gasteiger partial charge in [-0.15, -0.1) is 0 Å². The lowest BCUT2D eigenvalue weighted by Gasteiger charge is -2.17. The van der Waals surface area contributed by atoms with E-state index in [0.717, 1.165) is 0 Å². The fraction of sp³-hybridized carbons (Fsp3) is 0.0667. The van der Waals surface area contributed by atoms with Crippen molar-refractivity contribution in [2.24, 2.45) is 0 Å². The van der Waals surface area contributed by atoms with Gasteiger partial charge >= 0.3 is 0 Å².